The van der Waals surface area contributed by atoms with Crippen molar-refractivity contribution in [1.29, 1.82) is 0 Å². The summed E-state index contributed by atoms with van der Waals surface area (Å²) in [7, 11) is 0. The van der Waals surface area contributed by atoms with Crippen LogP contribution in [0.4, 0.5) is 8.78 Å². The number of aliphatic imine (C=N–C) groups is 1. The van der Waals surface area contributed by atoms with Gasteiger partial charge < -0.3 is 4.74 Å². The van der Waals surface area contributed by atoms with Gasteiger partial charge in [0.05, 0.1) is 0 Å². The van der Waals surface area contributed by atoms with E-state index in [-0.39, 0.29) is 5.75 Å². The van der Waals surface area contributed by atoms with E-state index < -0.39 is 12.2 Å². The first-order valence-electron chi connectivity index (χ1n) is 6.48. The van der Waals surface area contributed by atoms with Gasteiger partial charge in [-0.2, -0.15) is 13.8 Å². The maximum Gasteiger partial charge on any atom is 0.387 e. The zero-order valence-corrected chi connectivity index (χ0v) is 15.4. The molecule has 0 N–H and O–H groups in total. The van der Waals surface area contributed by atoms with Crippen molar-refractivity contribution in [3.05, 3.63) is 64.1 Å². The van der Waals surface area contributed by atoms with Crippen molar-refractivity contribution in [2.45, 2.75) is 12.2 Å². The number of isocyanates is 1. The summed E-state index contributed by atoms with van der Waals surface area (Å²) < 4.78 is 30.2. The molecule has 2 rings (SSSR count). The molecule has 0 bridgehead atoms. The molecule has 2 aromatic carbocycles. The van der Waals surface area contributed by atoms with Gasteiger partial charge in [0.15, 0.2) is 0 Å². The monoisotopic (exact) mass is 493 g/mol. The first-order valence-corrected chi connectivity index (χ1v) is 8.80. The second kappa shape index (κ2) is 7.99. The van der Waals surface area contributed by atoms with E-state index in [1.807, 2.05) is 24.3 Å². The van der Waals surface area contributed by atoms with Crippen LogP contribution in [0.25, 0.3) is 0 Å². The second-order valence-corrected chi connectivity index (χ2v) is 6.29. The van der Waals surface area contributed by atoms with Crippen molar-refractivity contribution < 1.29 is 18.3 Å². The molecule has 0 fully saturated rings. The Hall–Kier alpha value is -1.31. The summed E-state index contributed by atoms with van der Waals surface area (Å²) in [4.78, 5) is 15.0. The van der Waals surface area contributed by atoms with Crippen molar-refractivity contribution in [2.75, 3.05) is 4.43 Å². The van der Waals surface area contributed by atoms with Crippen LogP contribution in [0, 0.1) is 0 Å². The number of benzene rings is 2. The van der Waals surface area contributed by atoms with E-state index in [1.54, 1.807) is 18.2 Å². The summed E-state index contributed by atoms with van der Waals surface area (Å²) in [6.07, 6.45) is 1.63. The average Bonchev–Trinajstić information content (AvgIpc) is 2.53. The largest absolute Gasteiger partial charge is 0.435 e. The van der Waals surface area contributed by atoms with E-state index >= 15 is 0 Å². The number of halogens is 4. The van der Waals surface area contributed by atoms with E-state index in [9.17, 15) is 13.6 Å². The van der Waals surface area contributed by atoms with Gasteiger partial charge in [-0.25, -0.2) is 4.79 Å². The Morgan fingerprint density at radius 2 is 1.91 bits per heavy atom. The first kappa shape index (κ1) is 18.0. The summed E-state index contributed by atoms with van der Waals surface area (Å²) >= 11 is 5.53. The maximum absolute atomic E-state index is 12.3. The second-order valence-electron chi connectivity index (χ2n) is 4.61. The number of hydrogen-bond donors (Lipinski definition) is 0. The van der Waals surface area contributed by atoms with Gasteiger partial charge in [-0.3, -0.25) is 0 Å². The fraction of sp³-hybridized carbons (Fsp3) is 0.188. The third-order valence-electron chi connectivity index (χ3n) is 3.29. The third kappa shape index (κ3) is 4.16. The molecule has 0 radical (unpaired) electrons. The van der Waals surface area contributed by atoms with Crippen LogP contribution in [0.3, 0.4) is 0 Å². The lowest BCUT2D eigenvalue weighted by Crippen LogP contribution is -2.27. The van der Waals surface area contributed by atoms with Crippen LogP contribution in [0.15, 0.2) is 58.0 Å². The summed E-state index contributed by atoms with van der Waals surface area (Å²) in [5, 5.41) is 0. The van der Waals surface area contributed by atoms with Gasteiger partial charge in [-0.1, -0.05) is 62.8 Å². The highest BCUT2D eigenvalue weighted by atomic mass is 127. The lowest BCUT2D eigenvalue weighted by molar-refractivity contribution is -0.0498. The Labute approximate surface area is 154 Å². The molecule has 0 aliphatic heterocycles. The maximum atomic E-state index is 12.3. The first-order chi connectivity index (χ1) is 11.0. The Kier molecular flexibility index (Phi) is 6.26. The minimum absolute atomic E-state index is 0.0513. The molecule has 1 unspecified atom stereocenters. The molecule has 120 valence electrons. The molecule has 0 aliphatic carbocycles. The Morgan fingerprint density at radius 1 is 1.22 bits per heavy atom. The van der Waals surface area contributed by atoms with Crippen LogP contribution >= 0.6 is 38.5 Å². The molecule has 2 aromatic rings. The number of alkyl halides is 3. The molecular weight excluding hydrogens is 483 g/mol. The van der Waals surface area contributed by atoms with E-state index in [0.29, 0.717) is 9.99 Å². The number of hydrogen-bond acceptors (Lipinski definition) is 3. The number of carbonyl (C=O) groups excluding carboxylic acids is 1. The van der Waals surface area contributed by atoms with Crippen molar-refractivity contribution in [3.63, 3.8) is 0 Å². The average molecular weight is 494 g/mol. The zero-order chi connectivity index (χ0) is 16.9. The summed E-state index contributed by atoms with van der Waals surface area (Å²) in [5.74, 6) is 0.0513. The van der Waals surface area contributed by atoms with Gasteiger partial charge in [0.1, 0.15) is 11.3 Å². The predicted molar refractivity (Wildman–Crippen MR) is 95.0 cm³/mol. The van der Waals surface area contributed by atoms with Crippen LogP contribution in [-0.4, -0.2) is 17.1 Å². The zero-order valence-electron chi connectivity index (χ0n) is 11.7. The molecule has 0 heterocycles. The molecule has 0 aliphatic rings. The van der Waals surface area contributed by atoms with Gasteiger partial charge in [0, 0.05) is 8.90 Å². The van der Waals surface area contributed by atoms with E-state index in [2.05, 4.69) is 48.3 Å². The fourth-order valence-electron chi connectivity index (χ4n) is 2.22. The SMILES string of the molecule is O=C=NC(CI)(c1ccc(OC(F)F)cc1)c1cccc(Br)c1. The molecule has 1 atom stereocenters. The predicted octanol–water partition coefficient (Wildman–Crippen LogP) is 5.06. The smallest absolute Gasteiger partial charge is 0.387 e. The highest BCUT2D eigenvalue weighted by molar-refractivity contribution is 14.1. The van der Waals surface area contributed by atoms with Gasteiger partial charge in [-0.05, 0) is 35.4 Å². The van der Waals surface area contributed by atoms with Crippen LogP contribution in [-0.2, 0) is 10.3 Å². The van der Waals surface area contributed by atoms with E-state index in [4.69, 9.17) is 0 Å². The van der Waals surface area contributed by atoms with Crippen LogP contribution in [0.2, 0.25) is 0 Å². The molecule has 0 saturated heterocycles. The Bertz CT molecular complexity index is 720. The third-order valence-corrected chi connectivity index (χ3v) is 4.89. The number of nitrogens with zero attached hydrogens (tertiary/aromatic N) is 1. The molecule has 0 amide bonds. The van der Waals surface area contributed by atoms with Crippen molar-refractivity contribution >= 4 is 44.6 Å². The van der Waals surface area contributed by atoms with Gasteiger partial charge in [0.2, 0.25) is 6.08 Å². The minimum atomic E-state index is -2.88. The normalized spacial score (nSPS) is 13.3. The molecule has 7 heteroatoms. The lowest BCUT2D eigenvalue weighted by Gasteiger charge is -2.27. The van der Waals surface area contributed by atoms with Crippen LogP contribution in [0.5, 0.6) is 5.75 Å². The van der Waals surface area contributed by atoms with Crippen LogP contribution < -0.4 is 4.74 Å². The molecule has 0 spiro atoms. The molecule has 3 nitrogen and oxygen atoms in total. The summed E-state index contributed by atoms with van der Waals surface area (Å²) in [5.41, 5.74) is 0.553. The fourth-order valence-corrected chi connectivity index (χ4v) is 3.67. The lowest BCUT2D eigenvalue weighted by atomic mass is 9.85. The summed E-state index contributed by atoms with van der Waals surface area (Å²) in [6.45, 7) is -2.88. The van der Waals surface area contributed by atoms with Crippen molar-refractivity contribution in [2.24, 2.45) is 4.99 Å². The molecular formula is C16H11BrF2INO2. The topological polar surface area (TPSA) is 38.7 Å². The Balaban J connectivity index is 2.52. The summed E-state index contributed by atoms with van der Waals surface area (Å²) in [6, 6.07) is 13.5. The number of ether oxygens (including phenoxy) is 1. The molecule has 0 aromatic heterocycles. The van der Waals surface area contributed by atoms with E-state index in [1.165, 1.54) is 12.1 Å². The highest BCUT2D eigenvalue weighted by Crippen LogP contribution is 2.37. The van der Waals surface area contributed by atoms with E-state index in [0.717, 1.165) is 10.0 Å². The standard InChI is InChI=1S/C16H11BrF2INO2/c17-13-3-1-2-12(8-13)16(9-20,21-10-22)11-4-6-14(7-5-11)23-15(18)19/h1-8,15H,9H2. The number of rotatable bonds is 6. The van der Waals surface area contributed by atoms with Crippen LogP contribution in [0.1, 0.15) is 11.1 Å². The van der Waals surface area contributed by atoms with Gasteiger partial charge in [0.25, 0.3) is 0 Å². The Morgan fingerprint density at radius 3 is 2.43 bits per heavy atom. The molecule has 0 saturated carbocycles. The van der Waals surface area contributed by atoms with Crippen molar-refractivity contribution in [3.8, 4) is 5.75 Å². The minimum Gasteiger partial charge on any atom is -0.435 e. The quantitative estimate of drug-likeness (QED) is 0.244. The molecule has 23 heavy (non-hydrogen) atoms. The van der Waals surface area contributed by atoms with Crippen molar-refractivity contribution in [1.82, 2.24) is 0 Å². The highest BCUT2D eigenvalue weighted by Gasteiger charge is 2.33. The van der Waals surface area contributed by atoms with Gasteiger partial charge >= 0.3 is 6.61 Å². The van der Waals surface area contributed by atoms with Gasteiger partial charge in [-0.15, -0.1) is 0 Å².